The number of anilines is 4. The first-order valence-electron chi connectivity index (χ1n) is 39.0. The monoisotopic (exact) mass is 1480 g/mol. The van der Waals surface area contributed by atoms with Gasteiger partial charge in [-0.1, -0.05) is 194 Å². The highest BCUT2D eigenvalue weighted by Crippen LogP contribution is 2.52. The summed E-state index contributed by atoms with van der Waals surface area (Å²) < 4.78 is 39.1. The fourth-order valence-corrected chi connectivity index (χ4v) is 23.9. The van der Waals surface area contributed by atoms with Crippen molar-refractivity contribution in [3.63, 3.8) is 0 Å². The van der Waals surface area contributed by atoms with E-state index >= 15 is 0 Å². The molecule has 0 aliphatic carbocycles. The summed E-state index contributed by atoms with van der Waals surface area (Å²) in [5.41, 5.74) is 33.5. The van der Waals surface area contributed by atoms with Gasteiger partial charge < -0.3 is 28.4 Å². The molecular weight excluding hydrogens is 1380 g/mol. The average molecular weight is 1480 g/mol. The Labute approximate surface area is 650 Å². The molecule has 2 unspecified atom stereocenters. The van der Waals surface area contributed by atoms with Crippen LogP contribution in [0.25, 0.3) is 100 Å². The number of hydrogen-bond acceptors (Lipinski definition) is 8. The van der Waals surface area contributed by atoms with Gasteiger partial charge in [0.1, 0.15) is 0 Å². The molecule has 4 aromatic heterocycles. The van der Waals surface area contributed by atoms with Crippen molar-refractivity contribution in [3.05, 3.63) is 283 Å². The number of aromatic nitrogens is 2. The van der Waals surface area contributed by atoms with E-state index in [4.69, 9.17) is 18.6 Å². The van der Waals surface area contributed by atoms with E-state index in [9.17, 15) is 0 Å². The van der Waals surface area contributed by atoms with Gasteiger partial charge in [-0.15, -0.1) is 10.2 Å². The Hall–Kier alpha value is -10.1. The second kappa shape index (κ2) is 33.0. The Morgan fingerprint density at radius 1 is 0.358 bits per heavy atom. The molecule has 0 saturated heterocycles. The second-order valence-corrected chi connectivity index (χ2v) is 35.7. The topological polar surface area (TPSA) is 114 Å². The quantitative estimate of drug-likeness (QED) is 0.0411. The number of hydrogen-bond donors (Lipinski definition) is 0. The van der Waals surface area contributed by atoms with Gasteiger partial charge in [0.05, 0.1) is 45.0 Å². The minimum atomic E-state index is -4.94. The Kier molecular flexibility index (Phi) is 23.3. The lowest BCUT2D eigenvalue weighted by molar-refractivity contribution is -2.00. The van der Waals surface area contributed by atoms with Gasteiger partial charge in [-0.05, 0) is 214 Å². The van der Waals surface area contributed by atoms with E-state index in [1.54, 1.807) is 10.4 Å². The summed E-state index contributed by atoms with van der Waals surface area (Å²) in [5.74, 6) is 2.44. The van der Waals surface area contributed by atoms with Gasteiger partial charge in [0, 0.05) is 136 Å². The molecule has 558 valence electrons. The lowest BCUT2D eigenvalue weighted by Gasteiger charge is -2.43. The Morgan fingerprint density at radius 3 is 1.00 bits per heavy atom. The van der Waals surface area contributed by atoms with Gasteiger partial charge in [0.25, 0.3) is 0 Å². The first kappa shape index (κ1) is 77.1. The van der Waals surface area contributed by atoms with E-state index in [2.05, 4.69) is 375 Å². The molecule has 9 aromatic carbocycles. The zero-order chi connectivity index (χ0) is 77.0. The fourth-order valence-electron chi connectivity index (χ4n) is 17.3. The van der Waals surface area contributed by atoms with E-state index in [1.165, 1.54) is 207 Å². The van der Waals surface area contributed by atoms with E-state index in [0.29, 0.717) is 11.8 Å². The number of nitrogens with zero attached hydrogens (tertiary/aromatic N) is 6. The Bertz CT molecular complexity index is 4970. The van der Waals surface area contributed by atoms with Crippen LogP contribution in [-0.4, -0.2) is 73.3 Å². The summed E-state index contributed by atoms with van der Waals surface area (Å²) in [6, 6.07) is 94.4. The van der Waals surface area contributed by atoms with Crippen molar-refractivity contribution in [3.8, 4) is 89.3 Å². The third kappa shape index (κ3) is 15.9. The summed E-state index contributed by atoms with van der Waals surface area (Å²) in [6.07, 6.45) is 14.3. The number of benzene rings is 9. The molecule has 0 spiro atoms. The summed E-state index contributed by atoms with van der Waals surface area (Å²) in [5, 5.41) is 3.20. The maximum absolute atomic E-state index is 8.49. The molecule has 1 aliphatic heterocycles. The normalized spacial score (nSPS) is 13.0. The van der Waals surface area contributed by atoms with Crippen LogP contribution in [0.15, 0.2) is 249 Å². The minimum Gasteiger partial charge on any atom is -0.378 e. The summed E-state index contributed by atoms with van der Waals surface area (Å²) >= 11 is 0. The summed E-state index contributed by atoms with van der Waals surface area (Å²) in [6.45, 7) is 14.5. The van der Waals surface area contributed by atoms with E-state index < -0.39 is 18.3 Å². The SMILES string of the molecule is CCCCC(CC)C[Si]1(CC(CC)CCCC)c2cc(-c3c(-c4ccccc4)c(-c4ccc(N(C)C)cc4)c4cc(-c5ccc(N(C)C)cc5)ccn34)ccc2[C+](c2c(C)cccc2C)c2ccc(-c3c(-c4ccccc4)c(-c4ccc(N(C)C)cc4)c4cc(-c5ccc(N(C)C)cc5)ccn34)cc21.[O-][Cl+3]([O-])([O-])[O-]. The van der Waals surface area contributed by atoms with Crippen molar-refractivity contribution in [1.82, 2.24) is 8.80 Å². The molecule has 2 atom stereocenters. The molecule has 0 fully saturated rings. The van der Waals surface area contributed by atoms with Gasteiger partial charge in [-0.3, -0.25) is 0 Å². The molecule has 12 heteroatoms. The standard InChI is InChI=1S/C97H105N6Si.ClHO4/c1-15-19-30-68(17-3)64-104(65-69(18-4)31-20-16-2)88-62-78(96-93(72-32-23-21-24-33-72)91(74-40-50-82(51-41-74)100(11)12)86-60-76(56-58-102(86)96)70-36-46-80(47-37-70)98(7)8)44-54-84(88)95(90-66(5)28-27-29-67(90)6)85-55-45-79(63-89(85)104)97-94(73-34-25-22-26-35-73)92(75-42-52-83(53-43-75)101(13)14)87-61-77(57-59-103(87)97)71-38-48-81(49-39-71)99(9)10;2-1(3,4)5/h21-29,32-63,68-69H,15-20,30-31,64-65H2,1-14H3;(H,2,3,4,5)/q+1;/p-1. The third-order valence-corrected chi connectivity index (χ3v) is 28.5. The van der Waals surface area contributed by atoms with Crippen LogP contribution in [0.5, 0.6) is 0 Å². The van der Waals surface area contributed by atoms with Crippen molar-refractivity contribution < 1.29 is 28.9 Å². The zero-order valence-corrected chi connectivity index (χ0v) is 67.8. The van der Waals surface area contributed by atoms with Crippen LogP contribution in [0, 0.1) is 41.8 Å². The molecule has 109 heavy (non-hydrogen) atoms. The van der Waals surface area contributed by atoms with Crippen molar-refractivity contribution >= 4 is 52.2 Å². The van der Waals surface area contributed by atoms with Gasteiger partial charge in [-0.25, -0.2) is 18.6 Å². The molecule has 0 saturated carbocycles. The van der Waals surface area contributed by atoms with Crippen LogP contribution in [0.3, 0.4) is 0 Å². The van der Waals surface area contributed by atoms with Crippen LogP contribution in [0.2, 0.25) is 12.1 Å². The van der Waals surface area contributed by atoms with Gasteiger partial charge >= 0.3 is 0 Å². The number of aryl methyl sites for hydroxylation is 2. The lowest BCUT2D eigenvalue weighted by atomic mass is 9.79. The Morgan fingerprint density at radius 2 is 0.679 bits per heavy atom. The molecule has 0 radical (unpaired) electrons. The predicted molar refractivity (Wildman–Crippen MR) is 453 cm³/mol. The highest BCUT2D eigenvalue weighted by molar-refractivity contribution is 7.03. The maximum Gasteiger partial charge on any atom is 0.177 e. The van der Waals surface area contributed by atoms with Crippen molar-refractivity contribution in [1.29, 1.82) is 0 Å². The van der Waals surface area contributed by atoms with Crippen LogP contribution in [0.4, 0.5) is 22.7 Å². The molecule has 13 aromatic rings. The maximum atomic E-state index is 8.49. The summed E-state index contributed by atoms with van der Waals surface area (Å²) in [7, 11) is 9.09. The van der Waals surface area contributed by atoms with E-state index in [0.717, 1.165) is 12.8 Å². The van der Waals surface area contributed by atoms with Crippen LogP contribution >= 0.6 is 0 Å². The Balaban J connectivity index is 0.00000203. The van der Waals surface area contributed by atoms with Crippen molar-refractivity contribution in [2.45, 2.75) is 105 Å². The van der Waals surface area contributed by atoms with Crippen molar-refractivity contribution in [2.75, 3.05) is 76.0 Å². The fraction of sp³-hybridized carbons (Fsp3) is 0.268. The third-order valence-electron chi connectivity index (χ3n) is 23.0. The minimum absolute atomic E-state index is 0.534. The van der Waals surface area contributed by atoms with Crippen LogP contribution < -0.4 is 48.6 Å². The molecule has 0 N–H and O–H groups in total. The summed E-state index contributed by atoms with van der Waals surface area (Å²) in [4.78, 5) is 8.78. The molecule has 14 rings (SSSR count). The molecular formula is C97H105ClN6O4Si. The largest absolute Gasteiger partial charge is 0.378 e. The number of unbranched alkanes of at least 4 members (excludes halogenated alkanes) is 2. The zero-order valence-electron chi connectivity index (χ0n) is 66.1. The number of rotatable bonds is 25. The first-order valence-corrected chi connectivity index (χ1v) is 42.6. The van der Waals surface area contributed by atoms with Gasteiger partial charge in [-0.2, -0.15) is 0 Å². The molecule has 0 amide bonds. The molecule has 1 aliphatic rings. The number of pyridine rings is 2. The molecule has 0 bridgehead atoms. The molecule has 5 heterocycles. The van der Waals surface area contributed by atoms with Crippen LogP contribution in [0.1, 0.15) is 107 Å². The predicted octanol–water partition coefficient (Wildman–Crippen LogP) is 19.0. The smallest absolute Gasteiger partial charge is 0.177 e. The van der Waals surface area contributed by atoms with E-state index in [1.807, 2.05) is 0 Å². The highest BCUT2D eigenvalue weighted by Gasteiger charge is 2.53. The van der Waals surface area contributed by atoms with Crippen molar-refractivity contribution in [2.24, 2.45) is 11.8 Å². The van der Waals surface area contributed by atoms with Gasteiger partial charge in [0.15, 0.2) is 8.07 Å². The second-order valence-electron chi connectivity index (χ2n) is 30.9. The average Bonchev–Trinajstić information content (AvgIpc) is 1.56. The number of halogens is 1. The van der Waals surface area contributed by atoms with Gasteiger partial charge in [0.2, 0.25) is 0 Å². The lowest BCUT2D eigenvalue weighted by Crippen LogP contribution is -2.68. The highest BCUT2D eigenvalue weighted by atomic mass is 35.7. The first-order chi connectivity index (χ1) is 52.5. The number of fused-ring (bicyclic) bond motifs is 4. The van der Waals surface area contributed by atoms with E-state index in [-0.39, 0.29) is 0 Å². The molecule has 10 nitrogen and oxygen atoms in total. The van der Waals surface area contributed by atoms with Crippen LogP contribution in [-0.2, 0) is 0 Å².